The van der Waals surface area contributed by atoms with Gasteiger partial charge in [-0.3, -0.25) is 0 Å². The number of rotatable bonds is 2. The van der Waals surface area contributed by atoms with Gasteiger partial charge in [0, 0.05) is 29.1 Å². The molecule has 4 nitrogen and oxygen atoms in total. The molecule has 1 aromatic carbocycles. The fraction of sp³-hybridized carbons (Fsp3) is 0.333. The molecule has 0 saturated heterocycles. The Balaban J connectivity index is 1.94. The molecule has 1 aromatic heterocycles. The molecule has 6 heteroatoms. The molecule has 0 fully saturated rings. The smallest absolute Gasteiger partial charge is 0.152 e. The Labute approximate surface area is 119 Å². The number of aromatic nitrogens is 3. The zero-order valence-electron chi connectivity index (χ0n) is 9.68. The minimum atomic E-state index is 0.520. The molecule has 1 aliphatic heterocycles. The number of halogens is 2. The van der Waals surface area contributed by atoms with Gasteiger partial charge in [-0.1, -0.05) is 22.0 Å². The van der Waals surface area contributed by atoms with Crippen molar-refractivity contribution in [2.24, 2.45) is 0 Å². The first-order valence-corrected chi connectivity index (χ1v) is 7.06. The summed E-state index contributed by atoms with van der Waals surface area (Å²) in [4.78, 5) is 2.30. The minimum Gasteiger partial charge on any atom is -0.362 e. The van der Waals surface area contributed by atoms with Gasteiger partial charge in [-0.05, 0) is 17.7 Å². The molecule has 2 aromatic rings. The molecule has 0 aliphatic carbocycles. The highest BCUT2D eigenvalue weighted by molar-refractivity contribution is 9.10. The molecule has 0 unspecified atom stereocenters. The molecular weight excluding hydrogens is 316 g/mol. The third-order valence-corrected chi connectivity index (χ3v) is 3.95. The monoisotopic (exact) mass is 326 g/mol. The van der Waals surface area contributed by atoms with Gasteiger partial charge in [0.1, 0.15) is 6.33 Å². The number of benzene rings is 1. The van der Waals surface area contributed by atoms with Crippen LogP contribution in [0, 0.1) is 0 Å². The Kier molecular flexibility index (Phi) is 3.26. The first-order chi connectivity index (χ1) is 8.78. The lowest BCUT2D eigenvalue weighted by Gasteiger charge is -2.30. The van der Waals surface area contributed by atoms with Gasteiger partial charge in [0.05, 0.1) is 6.54 Å². The summed E-state index contributed by atoms with van der Waals surface area (Å²) < 4.78 is 3.16. The van der Waals surface area contributed by atoms with Crippen LogP contribution < -0.4 is 4.90 Å². The molecular formula is C12H12BrClN4. The molecule has 0 atom stereocenters. The van der Waals surface area contributed by atoms with Crippen molar-refractivity contribution in [1.82, 2.24) is 14.8 Å². The molecule has 3 rings (SSSR count). The second-order valence-corrected chi connectivity index (χ2v) is 5.45. The van der Waals surface area contributed by atoms with Crippen molar-refractivity contribution in [2.75, 3.05) is 11.4 Å². The molecule has 18 heavy (non-hydrogen) atoms. The zero-order chi connectivity index (χ0) is 12.5. The average Bonchev–Trinajstić information content (AvgIpc) is 2.85. The molecule has 94 valence electrons. The molecule has 0 amide bonds. The third-order valence-electron chi connectivity index (χ3n) is 3.17. The Morgan fingerprint density at radius 1 is 1.33 bits per heavy atom. The summed E-state index contributed by atoms with van der Waals surface area (Å²) in [5, 5.41) is 8.08. The van der Waals surface area contributed by atoms with E-state index in [0.717, 1.165) is 35.5 Å². The van der Waals surface area contributed by atoms with E-state index >= 15 is 0 Å². The quantitative estimate of drug-likeness (QED) is 0.795. The topological polar surface area (TPSA) is 34.0 Å². The van der Waals surface area contributed by atoms with Gasteiger partial charge in [0.2, 0.25) is 0 Å². The number of alkyl halides is 1. The maximum atomic E-state index is 6.01. The Bertz CT molecular complexity index is 569. The van der Waals surface area contributed by atoms with Crippen molar-refractivity contribution in [1.29, 1.82) is 0 Å². The summed E-state index contributed by atoms with van der Waals surface area (Å²) in [6.07, 6.45) is 1.79. The summed E-state index contributed by atoms with van der Waals surface area (Å²) >= 11 is 9.52. The summed E-state index contributed by atoms with van der Waals surface area (Å²) in [5.74, 6) is 1.52. The number of anilines is 1. The van der Waals surface area contributed by atoms with Crippen LogP contribution in [0.2, 0.25) is 0 Å². The van der Waals surface area contributed by atoms with Crippen LogP contribution in [0.15, 0.2) is 29.0 Å². The maximum absolute atomic E-state index is 6.01. The van der Waals surface area contributed by atoms with Crippen molar-refractivity contribution in [3.8, 4) is 0 Å². The third kappa shape index (κ3) is 2.12. The second-order valence-electron chi connectivity index (χ2n) is 4.27. The van der Waals surface area contributed by atoms with Gasteiger partial charge < -0.3 is 9.47 Å². The van der Waals surface area contributed by atoms with Crippen molar-refractivity contribution < 1.29 is 0 Å². The lowest BCUT2D eigenvalue weighted by atomic mass is 10.1. The summed E-state index contributed by atoms with van der Waals surface area (Å²) in [7, 11) is 0. The molecule has 0 radical (unpaired) electrons. The largest absolute Gasteiger partial charge is 0.362 e. The van der Waals surface area contributed by atoms with Gasteiger partial charge in [0.15, 0.2) is 5.82 Å². The first kappa shape index (κ1) is 12.0. The van der Waals surface area contributed by atoms with Crippen LogP contribution >= 0.6 is 27.5 Å². The number of nitrogens with zero attached hydrogens (tertiary/aromatic N) is 4. The highest BCUT2D eigenvalue weighted by Crippen LogP contribution is 2.28. The van der Waals surface area contributed by atoms with Gasteiger partial charge in [-0.25, -0.2) is 0 Å². The van der Waals surface area contributed by atoms with Crippen LogP contribution in [0.25, 0.3) is 0 Å². The molecule has 0 spiro atoms. The van der Waals surface area contributed by atoms with E-state index in [1.54, 1.807) is 6.33 Å². The average molecular weight is 328 g/mol. The van der Waals surface area contributed by atoms with Gasteiger partial charge in [-0.15, -0.1) is 21.8 Å². The standard InChI is InChI=1S/C12H12BrClN4/c13-10-2-1-9(6-14)11(5-10)17-3-4-18-8-15-16-12(18)7-17/h1-2,5,8H,3-4,6-7H2. The second kappa shape index (κ2) is 4.90. The Morgan fingerprint density at radius 3 is 3.06 bits per heavy atom. The van der Waals surface area contributed by atoms with Crippen molar-refractivity contribution in [2.45, 2.75) is 19.0 Å². The number of fused-ring (bicyclic) bond motifs is 1. The minimum absolute atomic E-state index is 0.520. The van der Waals surface area contributed by atoms with E-state index < -0.39 is 0 Å². The fourth-order valence-electron chi connectivity index (χ4n) is 2.22. The van der Waals surface area contributed by atoms with Crippen molar-refractivity contribution in [3.63, 3.8) is 0 Å². The van der Waals surface area contributed by atoms with E-state index in [4.69, 9.17) is 11.6 Å². The van der Waals surface area contributed by atoms with Crippen molar-refractivity contribution in [3.05, 3.63) is 40.4 Å². The van der Waals surface area contributed by atoms with Crippen LogP contribution in [-0.2, 0) is 19.0 Å². The summed E-state index contributed by atoms with van der Waals surface area (Å²) in [5.41, 5.74) is 2.32. The zero-order valence-corrected chi connectivity index (χ0v) is 12.0. The van der Waals surface area contributed by atoms with Crippen LogP contribution in [0.4, 0.5) is 5.69 Å². The normalized spacial score (nSPS) is 14.7. The molecule has 0 bridgehead atoms. The highest BCUT2D eigenvalue weighted by Gasteiger charge is 2.19. The molecule has 2 heterocycles. The lowest BCUT2D eigenvalue weighted by Crippen LogP contribution is -2.34. The van der Waals surface area contributed by atoms with E-state index in [2.05, 4.69) is 47.7 Å². The van der Waals surface area contributed by atoms with E-state index in [9.17, 15) is 0 Å². The molecule has 0 N–H and O–H groups in total. The first-order valence-electron chi connectivity index (χ1n) is 5.74. The number of hydrogen-bond donors (Lipinski definition) is 0. The predicted molar refractivity (Wildman–Crippen MR) is 74.8 cm³/mol. The lowest BCUT2D eigenvalue weighted by molar-refractivity contribution is 0.559. The summed E-state index contributed by atoms with van der Waals surface area (Å²) in [6.45, 7) is 2.64. The van der Waals surface area contributed by atoms with E-state index in [0.29, 0.717) is 5.88 Å². The summed E-state index contributed by atoms with van der Waals surface area (Å²) in [6, 6.07) is 6.20. The van der Waals surface area contributed by atoms with Gasteiger partial charge in [0.25, 0.3) is 0 Å². The van der Waals surface area contributed by atoms with Crippen LogP contribution in [0.5, 0.6) is 0 Å². The van der Waals surface area contributed by atoms with Gasteiger partial charge >= 0.3 is 0 Å². The van der Waals surface area contributed by atoms with E-state index in [1.165, 1.54) is 5.69 Å². The van der Waals surface area contributed by atoms with Crippen LogP contribution in [0.1, 0.15) is 11.4 Å². The molecule has 0 saturated carbocycles. The maximum Gasteiger partial charge on any atom is 0.152 e. The van der Waals surface area contributed by atoms with Crippen molar-refractivity contribution >= 4 is 33.2 Å². The fourth-order valence-corrected chi connectivity index (χ4v) is 2.79. The Hall–Kier alpha value is -1.07. The molecule has 1 aliphatic rings. The number of hydrogen-bond acceptors (Lipinski definition) is 3. The van der Waals surface area contributed by atoms with Crippen LogP contribution in [0.3, 0.4) is 0 Å². The highest BCUT2D eigenvalue weighted by atomic mass is 79.9. The van der Waals surface area contributed by atoms with E-state index in [1.807, 2.05) is 6.07 Å². The SMILES string of the molecule is ClCc1ccc(Br)cc1N1CCn2cnnc2C1. The van der Waals surface area contributed by atoms with Crippen LogP contribution in [-0.4, -0.2) is 21.3 Å². The van der Waals surface area contributed by atoms with Gasteiger partial charge in [-0.2, -0.15) is 0 Å². The Morgan fingerprint density at radius 2 is 2.22 bits per heavy atom. The predicted octanol–water partition coefficient (Wildman–Crippen LogP) is 2.80. The van der Waals surface area contributed by atoms with E-state index in [-0.39, 0.29) is 0 Å².